The fourth-order valence-electron chi connectivity index (χ4n) is 2.09. The van der Waals surface area contributed by atoms with E-state index in [1.165, 1.54) is 17.8 Å². The summed E-state index contributed by atoms with van der Waals surface area (Å²) in [6, 6.07) is 0.886. The van der Waals surface area contributed by atoms with Gasteiger partial charge in [0.05, 0.1) is 0 Å². The van der Waals surface area contributed by atoms with Crippen LogP contribution in [-0.2, 0) is 27.9 Å². The molecule has 0 aromatic carbocycles. The van der Waals surface area contributed by atoms with Gasteiger partial charge >= 0.3 is 5.97 Å². The molecular formula is C11H16N2O5S2. The minimum Gasteiger partial charge on any atom is -0.477 e. The smallest absolute Gasteiger partial charge is 0.352 e. The highest BCUT2D eigenvalue weighted by Crippen LogP contribution is 2.17. The fraction of sp³-hybridized carbons (Fsp3) is 0.545. The van der Waals surface area contributed by atoms with Gasteiger partial charge in [0.2, 0.25) is 10.0 Å². The number of hydrogen-bond donors (Lipinski definition) is 2. The second kappa shape index (κ2) is 5.66. The van der Waals surface area contributed by atoms with E-state index in [2.05, 4.69) is 4.72 Å². The molecule has 1 aliphatic heterocycles. The van der Waals surface area contributed by atoms with Crippen molar-refractivity contribution in [2.24, 2.45) is 7.05 Å². The standard InChI is InChI=1S/C11H16N2O5S2/c1-13-7-9(6-10(13)11(14)15)20(17,18)12-8-2-4-19(16)5-3-8/h6-8,12H,2-5H2,1H3,(H,14,15). The van der Waals surface area contributed by atoms with Crippen LogP contribution in [0.2, 0.25) is 0 Å². The number of rotatable bonds is 4. The van der Waals surface area contributed by atoms with E-state index in [0.717, 1.165) is 6.07 Å². The zero-order valence-electron chi connectivity index (χ0n) is 10.9. The molecule has 0 aliphatic carbocycles. The number of carboxylic acid groups (broad SMARTS) is 1. The second-order valence-corrected chi connectivity index (χ2v) is 8.13. The van der Waals surface area contributed by atoms with Crippen LogP contribution < -0.4 is 4.72 Å². The molecule has 2 rings (SSSR count). The van der Waals surface area contributed by atoms with E-state index < -0.39 is 26.8 Å². The average Bonchev–Trinajstić information content (AvgIpc) is 2.75. The summed E-state index contributed by atoms with van der Waals surface area (Å²) in [6.45, 7) is 0. The van der Waals surface area contributed by atoms with E-state index in [1.807, 2.05) is 0 Å². The highest BCUT2D eigenvalue weighted by molar-refractivity contribution is 7.89. The average molecular weight is 320 g/mol. The van der Waals surface area contributed by atoms with Crippen molar-refractivity contribution in [3.63, 3.8) is 0 Å². The molecule has 1 saturated heterocycles. The summed E-state index contributed by atoms with van der Waals surface area (Å²) < 4.78 is 39.4. The SMILES string of the molecule is Cn1cc(S(=O)(=O)NC2CCS(=O)CC2)cc1C(=O)O. The molecule has 1 aliphatic rings. The Morgan fingerprint density at radius 1 is 1.45 bits per heavy atom. The topological polar surface area (TPSA) is 105 Å². The first-order valence-electron chi connectivity index (χ1n) is 6.06. The number of aromatic nitrogens is 1. The van der Waals surface area contributed by atoms with E-state index in [1.54, 1.807) is 0 Å². The van der Waals surface area contributed by atoms with E-state index in [-0.39, 0.29) is 16.6 Å². The number of carboxylic acids is 1. The molecule has 0 saturated carbocycles. The monoisotopic (exact) mass is 320 g/mol. The van der Waals surface area contributed by atoms with Crippen molar-refractivity contribution in [3.05, 3.63) is 18.0 Å². The number of aromatic carboxylic acids is 1. The number of aryl methyl sites for hydroxylation is 1. The maximum Gasteiger partial charge on any atom is 0.352 e. The molecule has 0 unspecified atom stereocenters. The van der Waals surface area contributed by atoms with Gasteiger partial charge in [-0.1, -0.05) is 0 Å². The number of carbonyl (C=O) groups is 1. The van der Waals surface area contributed by atoms with Crippen LogP contribution in [-0.4, -0.2) is 45.8 Å². The van der Waals surface area contributed by atoms with Gasteiger partial charge in [0.25, 0.3) is 0 Å². The maximum atomic E-state index is 12.2. The Morgan fingerprint density at radius 2 is 2.05 bits per heavy atom. The van der Waals surface area contributed by atoms with Gasteiger partial charge in [0.1, 0.15) is 10.6 Å². The molecule has 1 aromatic heterocycles. The molecule has 0 atom stereocenters. The number of hydrogen-bond acceptors (Lipinski definition) is 4. The van der Waals surface area contributed by atoms with Crippen molar-refractivity contribution in [3.8, 4) is 0 Å². The van der Waals surface area contributed by atoms with Crippen LogP contribution in [0.15, 0.2) is 17.2 Å². The molecule has 9 heteroatoms. The molecule has 2 heterocycles. The fourth-order valence-corrected chi connectivity index (χ4v) is 4.77. The maximum absolute atomic E-state index is 12.2. The van der Waals surface area contributed by atoms with Crippen molar-refractivity contribution in [1.29, 1.82) is 0 Å². The van der Waals surface area contributed by atoms with Crippen LogP contribution in [0.3, 0.4) is 0 Å². The lowest BCUT2D eigenvalue weighted by Gasteiger charge is -2.21. The molecule has 20 heavy (non-hydrogen) atoms. The first-order chi connectivity index (χ1) is 9.29. The van der Waals surface area contributed by atoms with Crippen molar-refractivity contribution in [2.75, 3.05) is 11.5 Å². The molecule has 2 N–H and O–H groups in total. The quantitative estimate of drug-likeness (QED) is 0.807. The van der Waals surface area contributed by atoms with Crippen molar-refractivity contribution in [2.45, 2.75) is 23.8 Å². The van der Waals surface area contributed by atoms with Crippen LogP contribution >= 0.6 is 0 Å². The zero-order valence-corrected chi connectivity index (χ0v) is 12.5. The van der Waals surface area contributed by atoms with E-state index >= 15 is 0 Å². The third kappa shape index (κ3) is 3.28. The van der Waals surface area contributed by atoms with Crippen LogP contribution in [0.1, 0.15) is 23.3 Å². The summed E-state index contributed by atoms with van der Waals surface area (Å²) in [4.78, 5) is 10.9. The predicted molar refractivity (Wildman–Crippen MR) is 73.6 cm³/mol. The number of nitrogens with one attached hydrogen (secondary N) is 1. The third-order valence-corrected chi connectivity index (χ3v) is 6.09. The molecule has 7 nitrogen and oxygen atoms in total. The van der Waals surface area contributed by atoms with Gasteiger partial charge in [-0.25, -0.2) is 17.9 Å². The van der Waals surface area contributed by atoms with E-state index in [9.17, 15) is 17.4 Å². The number of sulfonamides is 1. The molecule has 1 fully saturated rings. The summed E-state index contributed by atoms with van der Waals surface area (Å²) in [6.07, 6.45) is 2.34. The van der Waals surface area contributed by atoms with Gasteiger partial charge in [-0.15, -0.1) is 0 Å². The van der Waals surface area contributed by atoms with Crippen LogP contribution in [0.4, 0.5) is 0 Å². The van der Waals surface area contributed by atoms with E-state index in [0.29, 0.717) is 24.3 Å². The molecule has 0 amide bonds. The largest absolute Gasteiger partial charge is 0.477 e. The summed E-state index contributed by atoms with van der Waals surface area (Å²) in [5.74, 6) is -0.202. The van der Waals surface area contributed by atoms with Crippen molar-refractivity contribution >= 4 is 26.8 Å². The van der Waals surface area contributed by atoms with Crippen molar-refractivity contribution in [1.82, 2.24) is 9.29 Å². The summed E-state index contributed by atoms with van der Waals surface area (Å²) >= 11 is 0. The van der Waals surface area contributed by atoms with Gasteiger partial charge in [0.15, 0.2) is 0 Å². The van der Waals surface area contributed by atoms with Crippen LogP contribution in [0.5, 0.6) is 0 Å². The van der Waals surface area contributed by atoms with Gasteiger partial charge in [-0.2, -0.15) is 0 Å². The van der Waals surface area contributed by atoms with Gasteiger partial charge in [-0.05, 0) is 18.9 Å². The van der Waals surface area contributed by atoms with E-state index in [4.69, 9.17) is 5.11 Å². The predicted octanol–water partition coefficient (Wildman–Crippen LogP) is -0.0873. The molecule has 0 spiro atoms. The Hall–Kier alpha value is -1.19. The molecule has 0 radical (unpaired) electrons. The van der Waals surface area contributed by atoms with Crippen LogP contribution in [0, 0.1) is 0 Å². The minimum atomic E-state index is -3.75. The highest BCUT2D eigenvalue weighted by atomic mass is 32.2. The van der Waals surface area contributed by atoms with Crippen molar-refractivity contribution < 1.29 is 22.5 Å². The Balaban J connectivity index is 2.16. The Morgan fingerprint density at radius 3 is 2.55 bits per heavy atom. The molecule has 112 valence electrons. The van der Waals surface area contributed by atoms with Gasteiger partial charge in [0, 0.05) is 41.6 Å². The second-order valence-electron chi connectivity index (χ2n) is 4.72. The van der Waals surface area contributed by atoms with Gasteiger partial charge < -0.3 is 9.67 Å². The molecular weight excluding hydrogens is 304 g/mol. The normalized spacial score (nSPS) is 23.6. The third-order valence-electron chi connectivity index (χ3n) is 3.22. The molecule has 1 aromatic rings. The van der Waals surface area contributed by atoms with Crippen LogP contribution in [0.25, 0.3) is 0 Å². The first-order valence-corrected chi connectivity index (χ1v) is 9.03. The summed E-state index contributed by atoms with van der Waals surface area (Å²) in [7, 11) is -3.12. The minimum absolute atomic E-state index is 0.0657. The first kappa shape index (κ1) is 15.2. The highest BCUT2D eigenvalue weighted by Gasteiger charge is 2.26. The Labute approximate surface area is 119 Å². The lowest BCUT2D eigenvalue weighted by Crippen LogP contribution is -2.39. The Bertz CT molecular complexity index is 640. The summed E-state index contributed by atoms with van der Waals surface area (Å²) in [5, 5.41) is 8.93. The summed E-state index contributed by atoms with van der Waals surface area (Å²) in [5.41, 5.74) is -0.0878. The lowest BCUT2D eigenvalue weighted by molar-refractivity contribution is 0.0686. The van der Waals surface area contributed by atoms with Gasteiger partial charge in [-0.3, -0.25) is 4.21 Å². The number of nitrogens with zero attached hydrogens (tertiary/aromatic N) is 1. The molecule has 0 bridgehead atoms. The lowest BCUT2D eigenvalue weighted by atomic mass is 10.2. The zero-order chi connectivity index (χ0) is 14.9. The Kier molecular flexibility index (Phi) is 4.31.